The lowest BCUT2D eigenvalue weighted by atomic mass is 10.4. The first kappa shape index (κ1) is 6.01. The molecule has 54 valence electrons. The van der Waals surface area contributed by atoms with Crippen LogP contribution in [0.15, 0.2) is 23.9 Å². The van der Waals surface area contributed by atoms with Gasteiger partial charge in [-0.25, -0.2) is 0 Å². The van der Waals surface area contributed by atoms with Crippen LogP contribution < -0.4 is 0 Å². The van der Waals surface area contributed by atoms with E-state index in [-0.39, 0.29) is 0 Å². The Morgan fingerprint density at radius 3 is 3.30 bits per heavy atom. The molecule has 10 heavy (non-hydrogen) atoms. The summed E-state index contributed by atoms with van der Waals surface area (Å²) >= 11 is 0. The van der Waals surface area contributed by atoms with Crippen molar-refractivity contribution in [2.24, 2.45) is 0 Å². The van der Waals surface area contributed by atoms with E-state index in [1.165, 1.54) is 6.26 Å². The Morgan fingerprint density at radius 1 is 1.50 bits per heavy atom. The third-order valence-corrected chi connectivity index (χ3v) is 1.82. The highest BCUT2D eigenvalue weighted by Gasteiger charge is 2.25. The van der Waals surface area contributed by atoms with Gasteiger partial charge >= 0.3 is 8.60 Å². The summed E-state index contributed by atoms with van der Waals surface area (Å²) in [5.74, 6) is 1.15. The predicted molar refractivity (Wildman–Crippen MR) is 33.4 cm³/mol. The fourth-order valence-corrected chi connectivity index (χ4v) is 1.31. The lowest BCUT2D eigenvalue weighted by Crippen LogP contribution is -1.96. The number of hydrogen-bond donors (Lipinski definition) is 1. The van der Waals surface area contributed by atoms with Gasteiger partial charge in [-0.15, -0.1) is 0 Å². The first-order valence-electron chi connectivity index (χ1n) is 2.73. The van der Waals surface area contributed by atoms with Crippen molar-refractivity contribution in [1.29, 1.82) is 0 Å². The van der Waals surface area contributed by atoms with E-state index in [9.17, 15) is 0 Å². The molecule has 0 saturated heterocycles. The van der Waals surface area contributed by atoms with E-state index >= 15 is 0 Å². The van der Waals surface area contributed by atoms with Crippen molar-refractivity contribution in [2.75, 3.05) is 6.61 Å². The summed E-state index contributed by atoms with van der Waals surface area (Å²) in [6.45, 7) is 0.494. The molecule has 2 heterocycles. The fraction of sp³-hybridized carbons (Fsp3) is 0.200. The molecule has 0 aromatic carbocycles. The van der Waals surface area contributed by atoms with Gasteiger partial charge in [0.2, 0.25) is 0 Å². The van der Waals surface area contributed by atoms with Crippen molar-refractivity contribution in [1.82, 2.24) is 0 Å². The minimum Gasteiger partial charge on any atom is -0.482 e. The maximum atomic E-state index is 8.84. The molecular weight excluding hydrogens is 155 g/mol. The molecule has 0 radical (unpaired) electrons. The van der Waals surface area contributed by atoms with Crippen LogP contribution in [0, 0.1) is 0 Å². The first-order chi connectivity index (χ1) is 4.86. The van der Waals surface area contributed by atoms with Crippen LogP contribution >= 0.6 is 8.60 Å². The second kappa shape index (κ2) is 2.15. The molecular formula is C5H5O4P. The van der Waals surface area contributed by atoms with E-state index in [0.29, 0.717) is 18.1 Å². The summed E-state index contributed by atoms with van der Waals surface area (Å²) < 4.78 is 14.6. The molecule has 0 aliphatic carbocycles. The lowest BCUT2D eigenvalue weighted by Gasteiger charge is -2.15. The third-order valence-electron chi connectivity index (χ3n) is 1.18. The van der Waals surface area contributed by atoms with Crippen LogP contribution in [-0.4, -0.2) is 11.5 Å². The Hall–Kier alpha value is -0.730. The van der Waals surface area contributed by atoms with Gasteiger partial charge in [-0.05, 0) is 6.08 Å². The van der Waals surface area contributed by atoms with E-state index < -0.39 is 8.60 Å². The summed E-state index contributed by atoms with van der Waals surface area (Å²) in [5, 5.41) is 0. The molecule has 2 aliphatic rings. The van der Waals surface area contributed by atoms with Gasteiger partial charge in [-0.3, -0.25) is 0 Å². The number of fused-ring (bicyclic) bond motifs is 1. The van der Waals surface area contributed by atoms with E-state index in [1.54, 1.807) is 6.08 Å². The monoisotopic (exact) mass is 160 g/mol. The van der Waals surface area contributed by atoms with Gasteiger partial charge < -0.3 is 18.7 Å². The predicted octanol–water partition coefficient (Wildman–Crippen LogP) is 1.01. The SMILES string of the molecule is OP1OC=C2OCC=C2O1. The summed E-state index contributed by atoms with van der Waals surface area (Å²) in [6, 6.07) is 0. The highest BCUT2D eigenvalue weighted by Crippen LogP contribution is 2.44. The molecule has 0 fully saturated rings. The molecule has 2 rings (SSSR count). The van der Waals surface area contributed by atoms with Crippen molar-refractivity contribution in [3.05, 3.63) is 23.9 Å². The van der Waals surface area contributed by atoms with E-state index in [4.69, 9.17) is 14.2 Å². The molecule has 2 aliphatic heterocycles. The Balaban J connectivity index is 2.25. The molecule has 0 aromatic heterocycles. The van der Waals surface area contributed by atoms with Gasteiger partial charge in [0, 0.05) is 0 Å². The minimum absolute atomic E-state index is 0.494. The van der Waals surface area contributed by atoms with Gasteiger partial charge in [0.1, 0.15) is 12.9 Å². The molecule has 0 bridgehead atoms. The lowest BCUT2D eigenvalue weighted by molar-refractivity contribution is 0.209. The summed E-state index contributed by atoms with van der Waals surface area (Å²) in [6.07, 6.45) is 3.12. The average Bonchev–Trinajstić information content (AvgIpc) is 2.33. The van der Waals surface area contributed by atoms with Crippen LogP contribution in [0.2, 0.25) is 0 Å². The fourth-order valence-electron chi connectivity index (χ4n) is 0.752. The van der Waals surface area contributed by atoms with Crippen LogP contribution in [0.4, 0.5) is 0 Å². The van der Waals surface area contributed by atoms with Crippen molar-refractivity contribution in [3.63, 3.8) is 0 Å². The Morgan fingerprint density at radius 2 is 2.40 bits per heavy atom. The largest absolute Gasteiger partial charge is 0.482 e. The van der Waals surface area contributed by atoms with Crippen molar-refractivity contribution >= 4 is 8.60 Å². The third kappa shape index (κ3) is 0.856. The first-order valence-corrected chi connectivity index (χ1v) is 3.86. The van der Waals surface area contributed by atoms with Crippen LogP contribution in [0.3, 0.4) is 0 Å². The molecule has 4 nitrogen and oxygen atoms in total. The van der Waals surface area contributed by atoms with Crippen LogP contribution in [-0.2, 0) is 13.8 Å². The average molecular weight is 160 g/mol. The molecule has 1 N–H and O–H groups in total. The van der Waals surface area contributed by atoms with Crippen LogP contribution in [0.5, 0.6) is 0 Å². The minimum atomic E-state index is -1.75. The Bertz CT molecular complexity index is 210. The molecule has 0 saturated carbocycles. The van der Waals surface area contributed by atoms with Gasteiger partial charge in [0.05, 0.1) is 0 Å². The summed E-state index contributed by atoms with van der Waals surface area (Å²) in [5.41, 5.74) is 0. The van der Waals surface area contributed by atoms with Gasteiger partial charge in [-0.1, -0.05) is 0 Å². The maximum absolute atomic E-state index is 8.84. The maximum Gasteiger partial charge on any atom is 0.459 e. The zero-order chi connectivity index (χ0) is 6.97. The quantitative estimate of drug-likeness (QED) is 0.537. The van der Waals surface area contributed by atoms with Crippen molar-refractivity contribution in [2.45, 2.75) is 0 Å². The van der Waals surface area contributed by atoms with E-state index in [0.717, 1.165) is 0 Å². The van der Waals surface area contributed by atoms with Crippen LogP contribution in [0.1, 0.15) is 0 Å². The van der Waals surface area contributed by atoms with Crippen LogP contribution in [0.25, 0.3) is 0 Å². The highest BCUT2D eigenvalue weighted by molar-refractivity contribution is 7.40. The molecule has 5 heteroatoms. The molecule has 1 atom stereocenters. The summed E-state index contributed by atoms with van der Waals surface area (Å²) in [7, 11) is -1.75. The topological polar surface area (TPSA) is 47.9 Å². The second-order valence-corrected chi connectivity index (χ2v) is 2.67. The Kier molecular flexibility index (Phi) is 1.29. The number of rotatable bonds is 0. The van der Waals surface area contributed by atoms with Gasteiger partial charge in [0.25, 0.3) is 0 Å². The molecule has 1 unspecified atom stereocenters. The second-order valence-electron chi connectivity index (χ2n) is 1.80. The Labute approximate surface area is 58.7 Å². The molecule has 0 amide bonds. The zero-order valence-electron chi connectivity index (χ0n) is 4.98. The van der Waals surface area contributed by atoms with Gasteiger partial charge in [0.15, 0.2) is 11.5 Å². The standard InChI is InChI=1S/C5H5O4P/c6-10-8-3-5-4(9-10)1-2-7-5/h1,3,6H,2H2. The van der Waals surface area contributed by atoms with Crippen molar-refractivity contribution in [3.8, 4) is 0 Å². The zero-order valence-corrected chi connectivity index (χ0v) is 5.88. The van der Waals surface area contributed by atoms with E-state index in [2.05, 4.69) is 4.52 Å². The highest BCUT2D eigenvalue weighted by atomic mass is 31.2. The number of ether oxygens (including phenoxy) is 1. The van der Waals surface area contributed by atoms with Crippen molar-refractivity contribution < 1.29 is 18.7 Å². The van der Waals surface area contributed by atoms with E-state index in [1.807, 2.05) is 0 Å². The number of hydrogen-bond acceptors (Lipinski definition) is 4. The smallest absolute Gasteiger partial charge is 0.459 e. The normalized spacial score (nSPS) is 28.7. The van der Waals surface area contributed by atoms with Gasteiger partial charge in [-0.2, -0.15) is 0 Å². The molecule has 0 aromatic rings. The molecule has 0 spiro atoms. The summed E-state index contributed by atoms with van der Waals surface area (Å²) in [4.78, 5) is 8.84.